The van der Waals surface area contributed by atoms with Gasteiger partial charge < -0.3 is 10.8 Å². The zero-order chi connectivity index (χ0) is 9.19. The van der Waals surface area contributed by atoms with Crippen LogP contribution in [-0.2, 0) is 6.42 Å². The minimum Gasteiger partial charge on any atom is -0.376 e. The summed E-state index contributed by atoms with van der Waals surface area (Å²) in [5.74, 6) is 0. The molecule has 0 saturated heterocycles. The van der Waals surface area contributed by atoms with Crippen molar-refractivity contribution >= 4 is 11.6 Å². The molecule has 0 saturated carbocycles. The van der Waals surface area contributed by atoms with E-state index in [1.807, 2.05) is 12.1 Å². The highest BCUT2D eigenvalue weighted by Crippen LogP contribution is 2.12. The molecule has 0 radical (unpaired) electrons. The Kier molecular flexibility index (Phi) is 2.73. The molecule has 12 heavy (non-hydrogen) atoms. The van der Waals surface area contributed by atoms with Crippen LogP contribution in [0.3, 0.4) is 0 Å². The Morgan fingerprint density at radius 3 is 2.33 bits per heavy atom. The molecule has 0 heterocycles. The molecule has 0 aromatic heterocycles. The van der Waals surface area contributed by atoms with Crippen molar-refractivity contribution in [2.24, 2.45) is 5.73 Å². The van der Waals surface area contributed by atoms with E-state index in [-0.39, 0.29) is 0 Å². The molecule has 0 fully saturated rings. The molecule has 0 spiro atoms. The molecular weight excluding hydrogens is 174 g/mol. The summed E-state index contributed by atoms with van der Waals surface area (Å²) in [7, 11) is 0. The van der Waals surface area contributed by atoms with Crippen LogP contribution in [0, 0.1) is 0 Å². The summed E-state index contributed by atoms with van der Waals surface area (Å²) >= 11 is 5.69. The topological polar surface area (TPSA) is 46.2 Å². The summed E-state index contributed by atoms with van der Waals surface area (Å²) in [6.07, 6.45) is 0.435. The van der Waals surface area contributed by atoms with Crippen LogP contribution in [-0.4, -0.2) is 10.8 Å². The van der Waals surface area contributed by atoms with Crippen molar-refractivity contribution in [3.05, 3.63) is 34.9 Å². The van der Waals surface area contributed by atoms with Crippen molar-refractivity contribution in [2.75, 3.05) is 0 Å². The number of aliphatic hydroxyl groups is 1. The predicted octanol–water partition coefficient (Wildman–Crippen LogP) is 1.55. The second kappa shape index (κ2) is 3.44. The molecule has 0 unspecified atom stereocenters. The van der Waals surface area contributed by atoms with E-state index in [1.165, 1.54) is 0 Å². The molecule has 66 valence electrons. The van der Waals surface area contributed by atoms with Gasteiger partial charge in [-0.2, -0.15) is 0 Å². The van der Waals surface area contributed by atoms with Crippen LogP contribution >= 0.6 is 11.6 Å². The molecule has 2 nitrogen and oxygen atoms in total. The van der Waals surface area contributed by atoms with E-state index < -0.39 is 5.72 Å². The van der Waals surface area contributed by atoms with Crippen LogP contribution in [0.1, 0.15) is 12.5 Å². The molecule has 1 atom stereocenters. The minimum atomic E-state index is -1.15. The van der Waals surface area contributed by atoms with Gasteiger partial charge in [0.05, 0.1) is 0 Å². The lowest BCUT2D eigenvalue weighted by molar-refractivity contribution is 0.0677. The summed E-state index contributed by atoms with van der Waals surface area (Å²) in [6.45, 7) is 1.57. The van der Waals surface area contributed by atoms with E-state index in [0.29, 0.717) is 11.4 Å². The molecule has 0 aliphatic rings. The first-order valence-corrected chi connectivity index (χ1v) is 4.11. The normalized spacial score (nSPS) is 15.7. The fraction of sp³-hybridized carbons (Fsp3) is 0.333. The molecule has 3 heteroatoms. The zero-order valence-corrected chi connectivity index (χ0v) is 7.67. The van der Waals surface area contributed by atoms with E-state index in [0.717, 1.165) is 5.56 Å². The van der Waals surface area contributed by atoms with Gasteiger partial charge in [0.1, 0.15) is 5.72 Å². The van der Waals surface area contributed by atoms with Crippen molar-refractivity contribution in [3.63, 3.8) is 0 Å². The lowest BCUT2D eigenvalue weighted by Gasteiger charge is -2.16. The molecule has 0 bridgehead atoms. The maximum atomic E-state index is 9.29. The predicted molar refractivity (Wildman–Crippen MR) is 50.0 cm³/mol. The highest BCUT2D eigenvalue weighted by Gasteiger charge is 2.13. The van der Waals surface area contributed by atoms with Gasteiger partial charge in [-0.3, -0.25) is 0 Å². The standard InChI is InChI=1S/C9H12ClNO/c1-9(11,12)6-7-2-4-8(10)5-3-7/h2-5,12H,6,11H2,1H3/t9-/m0/s1. The number of halogens is 1. The Balaban J connectivity index is 2.71. The molecule has 0 aliphatic carbocycles. The van der Waals surface area contributed by atoms with E-state index in [1.54, 1.807) is 19.1 Å². The van der Waals surface area contributed by atoms with Gasteiger partial charge in [-0.05, 0) is 24.6 Å². The monoisotopic (exact) mass is 185 g/mol. The highest BCUT2D eigenvalue weighted by atomic mass is 35.5. The van der Waals surface area contributed by atoms with Gasteiger partial charge in [0.25, 0.3) is 0 Å². The molecule has 3 N–H and O–H groups in total. The summed E-state index contributed by atoms with van der Waals surface area (Å²) < 4.78 is 0. The van der Waals surface area contributed by atoms with Gasteiger partial charge in [-0.1, -0.05) is 23.7 Å². The first-order chi connectivity index (χ1) is 5.47. The van der Waals surface area contributed by atoms with Crippen molar-refractivity contribution in [1.82, 2.24) is 0 Å². The number of benzene rings is 1. The van der Waals surface area contributed by atoms with Crippen LogP contribution in [0.15, 0.2) is 24.3 Å². The van der Waals surface area contributed by atoms with Crippen LogP contribution in [0.25, 0.3) is 0 Å². The van der Waals surface area contributed by atoms with E-state index in [4.69, 9.17) is 17.3 Å². The Labute approximate surface area is 77.0 Å². The van der Waals surface area contributed by atoms with Gasteiger partial charge in [0.2, 0.25) is 0 Å². The number of nitrogens with two attached hydrogens (primary N) is 1. The SMILES string of the molecule is C[C@](N)(O)Cc1ccc(Cl)cc1. The van der Waals surface area contributed by atoms with Gasteiger partial charge in [-0.15, -0.1) is 0 Å². The largest absolute Gasteiger partial charge is 0.376 e. The minimum absolute atomic E-state index is 0.435. The van der Waals surface area contributed by atoms with E-state index in [9.17, 15) is 5.11 Å². The van der Waals surface area contributed by atoms with Crippen molar-refractivity contribution in [3.8, 4) is 0 Å². The van der Waals surface area contributed by atoms with E-state index in [2.05, 4.69) is 0 Å². The third-order valence-electron chi connectivity index (χ3n) is 1.48. The molecular formula is C9H12ClNO. The molecule has 0 aliphatic heterocycles. The van der Waals surface area contributed by atoms with Crippen molar-refractivity contribution in [1.29, 1.82) is 0 Å². The third-order valence-corrected chi connectivity index (χ3v) is 1.73. The molecule has 0 amide bonds. The summed E-state index contributed by atoms with van der Waals surface area (Å²) in [4.78, 5) is 0. The van der Waals surface area contributed by atoms with Crippen LogP contribution in [0.5, 0.6) is 0 Å². The van der Waals surface area contributed by atoms with Crippen LogP contribution < -0.4 is 5.73 Å². The summed E-state index contributed by atoms with van der Waals surface area (Å²) in [5, 5.41) is 9.98. The van der Waals surface area contributed by atoms with E-state index >= 15 is 0 Å². The first kappa shape index (κ1) is 9.52. The molecule has 1 aromatic carbocycles. The lowest BCUT2D eigenvalue weighted by atomic mass is 10.1. The average molecular weight is 186 g/mol. The maximum absolute atomic E-state index is 9.29. The quantitative estimate of drug-likeness (QED) is 0.687. The molecule has 1 aromatic rings. The second-order valence-electron chi connectivity index (χ2n) is 3.16. The highest BCUT2D eigenvalue weighted by molar-refractivity contribution is 6.30. The van der Waals surface area contributed by atoms with Gasteiger partial charge >= 0.3 is 0 Å². The Bertz CT molecular complexity index is 250. The third kappa shape index (κ3) is 3.22. The van der Waals surface area contributed by atoms with Crippen LogP contribution in [0.2, 0.25) is 5.02 Å². The Morgan fingerprint density at radius 1 is 1.42 bits per heavy atom. The van der Waals surface area contributed by atoms with Gasteiger partial charge in [0.15, 0.2) is 0 Å². The number of rotatable bonds is 2. The first-order valence-electron chi connectivity index (χ1n) is 3.73. The molecule has 1 rings (SSSR count). The second-order valence-corrected chi connectivity index (χ2v) is 3.60. The van der Waals surface area contributed by atoms with Crippen LogP contribution in [0.4, 0.5) is 0 Å². The summed E-state index contributed by atoms with van der Waals surface area (Å²) in [6, 6.07) is 7.26. The fourth-order valence-electron chi connectivity index (χ4n) is 1.02. The Morgan fingerprint density at radius 2 is 1.92 bits per heavy atom. The maximum Gasteiger partial charge on any atom is 0.114 e. The lowest BCUT2D eigenvalue weighted by Crippen LogP contribution is -2.37. The number of hydrogen-bond acceptors (Lipinski definition) is 2. The van der Waals surface area contributed by atoms with Crippen molar-refractivity contribution < 1.29 is 5.11 Å². The number of hydrogen-bond donors (Lipinski definition) is 2. The van der Waals surface area contributed by atoms with Gasteiger partial charge in [0, 0.05) is 11.4 Å². The Hall–Kier alpha value is -0.570. The zero-order valence-electron chi connectivity index (χ0n) is 6.92. The smallest absolute Gasteiger partial charge is 0.114 e. The van der Waals surface area contributed by atoms with Crippen molar-refractivity contribution in [2.45, 2.75) is 19.1 Å². The summed E-state index contributed by atoms with van der Waals surface area (Å²) in [5.41, 5.74) is 5.26. The van der Waals surface area contributed by atoms with Gasteiger partial charge in [-0.25, -0.2) is 0 Å². The average Bonchev–Trinajstić information content (AvgIpc) is 1.91. The fourth-order valence-corrected chi connectivity index (χ4v) is 1.14.